The molecule has 132 valence electrons. The van der Waals surface area contributed by atoms with E-state index in [1.807, 2.05) is 0 Å². The van der Waals surface area contributed by atoms with Gasteiger partial charge in [0.05, 0.1) is 5.56 Å². The van der Waals surface area contributed by atoms with Gasteiger partial charge in [-0.3, -0.25) is 4.98 Å². The highest BCUT2D eigenvalue weighted by Gasteiger charge is 2.36. The Labute approximate surface area is 142 Å². The maximum absolute atomic E-state index is 13.1. The summed E-state index contributed by atoms with van der Waals surface area (Å²) in [6.07, 6.45) is 0.00707. The van der Waals surface area contributed by atoms with Crippen molar-refractivity contribution >= 4 is 17.5 Å². The zero-order valence-electron chi connectivity index (χ0n) is 13.2. The Morgan fingerprint density at radius 3 is 2.36 bits per heavy atom. The van der Waals surface area contributed by atoms with E-state index in [9.17, 15) is 18.0 Å². The van der Waals surface area contributed by atoms with Crippen LogP contribution in [-0.4, -0.2) is 47.1 Å². The van der Waals surface area contributed by atoms with Crippen molar-refractivity contribution in [2.75, 3.05) is 36.4 Å². The Hall–Kier alpha value is -2.84. The van der Waals surface area contributed by atoms with E-state index in [1.54, 1.807) is 34.3 Å². The minimum Gasteiger partial charge on any atom is -0.353 e. The number of aromatic nitrogens is 2. The van der Waals surface area contributed by atoms with E-state index >= 15 is 0 Å². The Kier molecular flexibility index (Phi) is 4.73. The monoisotopic (exact) mass is 351 g/mol. The van der Waals surface area contributed by atoms with Crippen LogP contribution in [0.4, 0.5) is 29.5 Å². The Morgan fingerprint density at radius 1 is 1.04 bits per heavy atom. The lowest BCUT2D eigenvalue weighted by Crippen LogP contribution is -2.50. The van der Waals surface area contributed by atoms with Crippen molar-refractivity contribution in [2.24, 2.45) is 0 Å². The van der Waals surface area contributed by atoms with Gasteiger partial charge in [0.2, 0.25) is 0 Å². The summed E-state index contributed by atoms with van der Waals surface area (Å²) in [4.78, 5) is 23.1. The van der Waals surface area contributed by atoms with Crippen molar-refractivity contribution in [1.29, 1.82) is 0 Å². The van der Waals surface area contributed by atoms with Crippen molar-refractivity contribution in [2.45, 2.75) is 6.18 Å². The van der Waals surface area contributed by atoms with Gasteiger partial charge in [0.1, 0.15) is 5.82 Å². The predicted molar refractivity (Wildman–Crippen MR) is 86.3 cm³/mol. The molecule has 2 amide bonds. The summed E-state index contributed by atoms with van der Waals surface area (Å²) < 4.78 is 39.3. The topological polar surface area (TPSA) is 61.4 Å². The predicted octanol–water partition coefficient (Wildman–Crippen LogP) is 2.85. The van der Waals surface area contributed by atoms with Crippen molar-refractivity contribution < 1.29 is 18.0 Å². The van der Waals surface area contributed by atoms with E-state index in [1.165, 1.54) is 12.3 Å². The van der Waals surface area contributed by atoms with Crippen LogP contribution >= 0.6 is 0 Å². The second-order valence-electron chi connectivity index (χ2n) is 5.51. The molecule has 1 aliphatic rings. The number of halogens is 3. The quantitative estimate of drug-likeness (QED) is 0.904. The van der Waals surface area contributed by atoms with Crippen molar-refractivity contribution in [1.82, 2.24) is 14.9 Å². The van der Waals surface area contributed by atoms with Crippen molar-refractivity contribution in [3.63, 3.8) is 0 Å². The fourth-order valence-electron chi connectivity index (χ4n) is 2.63. The van der Waals surface area contributed by atoms with Crippen LogP contribution in [0.2, 0.25) is 0 Å². The van der Waals surface area contributed by atoms with Crippen LogP contribution in [0, 0.1) is 0 Å². The van der Waals surface area contributed by atoms with Gasteiger partial charge in [-0.15, -0.1) is 0 Å². The SMILES string of the molecule is O=C(Nc1ccncc1)N1CCN(c2ncccc2C(F)(F)F)CC1. The van der Waals surface area contributed by atoms with Gasteiger partial charge < -0.3 is 15.1 Å². The molecule has 6 nitrogen and oxygen atoms in total. The molecule has 1 fully saturated rings. The van der Waals surface area contributed by atoms with E-state index in [4.69, 9.17) is 0 Å². The molecule has 2 aromatic rings. The summed E-state index contributed by atoms with van der Waals surface area (Å²) in [6, 6.07) is 5.33. The molecule has 3 rings (SSSR count). The fourth-order valence-corrected chi connectivity index (χ4v) is 2.63. The number of alkyl halides is 3. The maximum Gasteiger partial charge on any atom is 0.419 e. The summed E-state index contributed by atoms with van der Waals surface area (Å²) in [5.41, 5.74) is -0.142. The third-order valence-electron chi connectivity index (χ3n) is 3.89. The summed E-state index contributed by atoms with van der Waals surface area (Å²) in [5, 5.41) is 2.73. The Bertz CT molecular complexity index is 730. The molecule has 0 radical (unpaired) electrons. The Morgan fingerprint density at radius 2 is 1.72 bits per heavy atom. The summed E-state index contributed by atoms with van der Waals surface area (Å²) >= 11 is 0. The number of urea groups is 1. The van der Waals surface area contributed by atoms with E-state index in [-0.39, 0.29) is 24.9 Å². The molecule has 0 spiro atoms. The van der Waals surface area contributed by atoms with Crippen LogP contribution in [0.25, 0.3) is 0 Å². The minimum absolute atomic E-state index is 0.0933. The van der Waals surface area contributed by atoms with Crippen LogP contribution in [0.1, 0.15) is 5.56 Å². The standard InChI is InChI=1S/C16H16F3N5O/c17-16(18,19)13-2-1-5-21-14(13)23-8-10-24(11-9-23)15(25)22-12-3-6-20-7-4-12/h1-7H,8-11H2,(H,20,22,25). The Balaban J connectivity index is 1.64. The van der Waals surface area contributed by atoms with Gasteiger partial charge in [-0.05, 0) is 24.3 Å². The number of carbonyl (C=O) groups excluding carboxylic acids is 1. The summed E-state index contributed by atoms with van der Waals surface area (Å²) in [6.45, 7) is 1.18. The van der Waals surface area contributed by atoms with Crippen molar-refractivity contribution in [3.05, 3.63) is 48.4 Å². The molecule has 0 aromatic carbocycles. The molecule has 0 unspecified atom stereocenters. The number of rotatable bonds is 2. The lowest BCUT2D eigenvalue weighted by Gasteiger charge is -2.36. The van der Waals surface area contributed by atoms with E-state index in [0.717, 1.165) is 6.07 Å². The fraction of sp³-hybridized carbons (Fsp3) is 0.312. The first-order valence-corrected chi connectivity index (χ1v) is 7.68. The molecule has 1 aliphatic heterocycles. The highest BCUT2D eigenvalue weighted by Crippen LogP contribution is 2.35. The van der Waals surface area contributed by atoms with Gasteiger partial charge in [-0.2, -0.15) is 13.2 Å². The third-order valence-corrected chi connectivity index (χ3v) is 3.89. The molecular formula is C16H16F3N5O. The van der Waals surface area contributed by atoms with Gasteiger partial charge in [-0.25, -0.2) is 9.78 Å². The second-order valence-corrected chi connectivity index (χ2v) is 5.51. The smallest absolute Gasteiger partial charge is 0.353 e. The molecular weight excluding hydrogens is 335 g/mol. The van der Waals surface area contributed by atoms with Crippen LogP contribution < -0.4 is 10.2 Å². The molecule has 1 N–H and O–H groups in total. The van der Waals surface area contributed by atoms with Crippen LogP contribution in [-0.2, 0) is 6.18 Å². The number of amides is 2. The average Bonchev–Trinajstić information content (AvgIpc) is 2.62. The number of hydrogen-bond acceptors (Lipinski definition) is 4. The third kappa shape index (κ3) is 3.98. The highest BCUT2D eigenvalue weighted by molar-refractivity contribution is 5.89. The zero-order chi connectivity index (χ0) is 17.9. The van der Waals surface area contributed by atoms with Gasteiger partial charge >= 0.3 is 12.2 Å². The van der Waals surface area contributed by atoms with Gasteiger partial charge in [0.15, 0.2) is 0 Å². The summed E-state index contributed by atoms with van der Waals surface area (Å²) in [5.74, 6) is -0.0933. The number of nitrogens with zero attached hydrogens (tertiary/aromatic N) is 4. The van der Waals surface area contributed by atoms with E-state index in [0.29, 0.717) is 18.8 Å². The molecule has 3 heterocycles. The van der Waals surface area contributed by atoms with Crippen LogP contribution in [0.15, 0.2) is 42.9 Å². The number of nitrogens with one attached hydrogen (secondary N) is 1. The van der Waals surface area contributed by atoms with Gasteiger partial charge in [0.25, 0.3) is 0 Å². The number of anilines is 2. The normalized spacial score (nSPS) is 15.2. The molecule has 0 aliphatic carbocycles. The zero-order valence-corrected chi connectivity index (χ0v) is 13.2. The van der Waals surface area contributed by atoms with Crippen LogP contribution in [0.5, 0.6) is 0 Å². The number of hydrogen-bond donors (Lipinski definition) is 1. The van der Waals surface area contributed by atoms with Gasteiger partial charge in [0, 0.05) is 50.5 Å². The molecule has 0 bridgehead atoms. The molecule has 2 aromatic heterocycles. The first-order chi connectivity index (χ1) is 11.9. The van der Waals surface area contributed by atoms with Crippen molar-refractivity contribution in [3.8, 4) is 0 Å². The van der Waals surface area contributed by atoms with E-state index < -0.39 is 11.7 Å². The lowest BCUT2D eigenvalue weighted by atomic mass is 10.2. The lowest BCUT2D eigenvalue weighted by molar-refractivity contribution is -0.137. The van der Waals surface area contributed by atoms with E-state index in [2.05, 4.69) is 15.3 Å². The molecule has 25 heavy (non-hydrogen) atoms. The minimum atomic E-state index is -4.46. The van der Waals surface area contributed by atoms with Crippen LogP contribution in [0.3, 0.4) is 0 Å². The highest BCUT2D eigenvalue weighted by atomic mass is 19.4. The second kappa shape index (κ2) is 6.96. The molecule has 1 saturated heterocycles. The number of carbonyl (C=O) groups is 1. The molecule has 0 atom stereocenters. The average molecular weight is 351 g/mol. The van der Waals surface area contributed by atoms with Gasteiger partial charge in [-0.1, -0.05) is 0 Å². The molecule has 0 saturated carbocycles. The summed E-state index contributed by atoms with van der Waals surface area (Å²) in [7, 11) is 0. The molecule has 9 heteroatoms. The first-order valence-electron chi connectivity index (χ1n) is 7.68. The number of pyridine rings is 2. The number of piperazine rings is 1. The maximum atomic E-state index is 13.1. The largest absolute Gasteiger partial charge is 0.419 e. The first kappa shape index (κ1) is 17.0.